The van der Waals surface area contributed by atoms with Gasteiger partial charge in [-0.15, -0.1) is 0 Å². The first-order chi connectivity index (χ1) is 11.9. The van der Waals surface area contributed by atoms with Gasteiger partial charge in [0.05, 0.1) is 4.90 Å². The van der Waals surface area contributed by atoms with Gasteiger partial charge in [0.15, 0.2) is 0 Å². The quantitative estimate of drug-likeness (QED) is 0.849. The second-order valence-corrected chi connectivity index (χ2v) is 8.66. The zero-order valence-corrected chi connectivity index (χ0v) is 15.6. The first-order valence-corrected chi connectivity index (χ1v) is 10.3. The van der Waals surface area contributed by atoms with Crippen molar-refractivity contribution >= 4 is 15.7 Å². The standard InChI is InChI=1S/C20H26N2O2S/c1-15-7-11-17(12-8-15)21-19-5-3-4-6-20(19)22-25(23,24)18-13-9-16(2)10-14-18/h7-14,19-22H,3-6H2,1-2H3/t19-,20-/m1/s1. The summed E-state index contributed by atoms with van der Waals surface area (Å²) >= 11 is 0. The third kappa shape index (κ3) is 4.61. The van der Waals surface area contributed by atoms with E-state index < -0.39 is 10.0 Å². The monoisotopic (exact) mass is 358 g/mol. The molecule has 2 aromatic carbocycles. The molecule has 0 spiro atoms. The van der Waals surface area contributed by atoms with Crippen LogP contribution in [0.2, 0.25) is 0 Å². The Labute approximate surface area is 150 Å². The van der Waals surface area contributed by atoms with Crippen LogP contribution in [0.4, 0.5) is 5.69 Å². The molecule has 1 aliphatic rings. The van der Waals surface area contributed by atoms with E-state index in [9.17, 15) is 8.42 Å². The van der Waals surface area contributed by atoms with Crippen LogP contribution < -0.4 is 10.0 Å². The number of hydrogen-bond acceptors (Lipinski definition) is 3. The second kappa shape index (κ2) is 7.58. The topological polar surface area (TPSA) is 58.2 Å². The van der Waals surface area contributed by atoms with Gasteiger partial charge in [0.1, 0.15) is 0 Å². The summed E-state index contributed by atoms with van der Waals surface area (Å²) < 4.78 is 28.4. The van der Waals surface area contributed by atoms with E-state index >= 15 is 0 Å². The average Bonchev–Trinajstić information content (AvgIpc) is 2.59. The molecule has 1 fully saturated rings. The molecule has 3 rings (SSSR count). The molecule has 0 amide bonds. The van der Waals surface area contributed by atoms with Gasteiger partial charge in [-0.25, -0.2) is 13.1 Å². The first-order valence-electron chi connectivity index (χ1n) is 8.86. The number of nitrogens with one attached hydrogen (secondary N) is 2. The summed E-state index contributed by atoms with van der Waals surface area (Å²) in [6.45, 7) is 4.01. The molecule has 0 aliphatic heterocycles. The summed E-state index contributed by atoms with van der Waals surface area (Å²) in [5, 5.41) is 3.51. The zero-order valence-electron chi connectivity index (χ0n) is 14.8. The van der Waals surface area contributed by atoms with Crippen LogP contribution in [0, 0.1) is 13.8 Å². The van der Waals surface area contributed by atoms with Crippen molar-refractivity contribution in [1.29, 1.82) is 0 Å². The Morgan fingerprint density at radius 3 is 1.92 bits per heavy atom. The Bertz CT molecular complexity index is 799. The summed E-state index contributed by atoms with van der Waals surface area (Å²) in [6, 6.07) is 15.2. The van der Waals surface area contributed by atoms with Gasteiger partial charge < -0.3 is 5.32 Å². The maximum Gasteiger partial charge on any atom is 0.240 e. The van der Waals surface area contributed by atoms with Gasteiger partial charge in [-0.3, -0.25) is 0 Å². The van der Waals surface area contributed by atoms with Crippen molar-refractivity contribution in [3.8, 4) is 0 Å². The van der Waals surface area contributed by atoms with Gasteiger partial charge in [-0.05, 0) is 51.0 Å². The lowest BCUT2D eigenvalue weighted by molar-refractivity contribution is 0.378. The van der Waals surface area contributed by atoms with Gasteiger partial charge in [0, 0.05) is 17.8 Å². The molecule has 0 saturated heterocycles. The molecule has 25 heavy (non-hydrogen) atoms. The number of benzene rings is 2. The second-order valence-electron chi connectivity index (χ2n) is 6.94. The molecule has 1 aliphatic carbocycles. The molecule has 0 radical (unpaired) electrons. The number of anilines is 1. The normalized spacial score (nSPS) is 21.0. The Balaban J connectivity index is 1.74. The largest absolute Gasteiger partial charge is 0.381 e. The number of rotatable bonds is 5. The van der Waals surface area contributed by atoms with Crippen LogP contribution in [0.15, 0.2) is 53.4 Å². The highest BCUT2D eigenvalue weighted by molar-refractivity contribution is 7.89. The van der Waals surface area contributed by atoms with Crippen LogP contribution in [0.25, 0.3) is 0 Å². The minimum absolute atomic E-state index is 0.0960. The van der Waals surface area contributed by atoms with Gasteiger partial charge in [-0.2, -0.15) is 0 Å². The van der Waals surface area contributed by atoms with E-state index in [-0.39, 0.29) is 12.1 Å². The van der Waals surface area contributed by atoms with E-state index in [1.165, 1.54) is 5.56 Å². The molecule has 0 aromatic heterocycles. The molecular formula is C20H26N2O2S. The summed E-state index contributed by atoms with van der Waals surface area (Å²) in [4.78, 5) is 0.331. The summed E-state index contributed by atoms with van der Waals surface area (Å²) in [5.41, 5.74) is 3.30. The van der Waals surface area contributed by atoms with Crippen molar-refractivity contribution in [2.24, 2.45) is 0 Å². The van der Waals surface area contributed by atoms with Crippen LogP contribution in [0.5, 0.6) is 0 Å². The van der Waals surface area contributed by atoms with Crippen LogP contribution in [0.3, 0.4) is 0 Å². The lowest BCUT2D eigenvalue weighted by Crippen LogP contribution is -2.48. The van der Waals surface area contributed by atoms with Crippen LogP contribution in [-0.4, -0.2) is 20.5 Å². The molecule has 0 unspecified atom stereocenters. The maximum absolute atomic E-state index is 12.7. The Morgan fingerprint density at radius 1 is 0.800 bits per heavy atom. The Hall–Kier alpha value is -1.85. The van der Waals surface area contributed by atoms with Gasteiger partial charge in [0.25, 0.3) is 0 Å². The van der Waals surface area contributed by atoms with Crippen molar-refractivity contribution in [1.82, 2.24) is 4.72 Å². The Morgan fingerprint density at radius 2 is 1.32 bits per heavy atom. The Kier molecular flexibility index (Phi) is 5.45. The summed E-state index contributed by atoms with van der Waals surface area (Å²) in [5.74, 6) is 0. The van der Waals surface area contributed by atoms with Crippen LogP contribution >= 0.6 is 0 Å². The van der Waals surface area contributed by atoms with E-state index in [1.807, 2.05) is 19.1 Å². The molecule has 2 N–H and O–H groups in total. The fourth-order valence-electron chi connectivity index (χ4n) is 3.29. The first kappa shape index (κ1) is 18.0. The van der Waals surface area contributed by atoms with E-state index in [0.717, 1.165) is 36.9 Å². The van der Waals surface area contributed by atoms with E-state index in [4.69, 9.17) is 0 Å². The molecule has 134 valence electrons. The van der Waals surface area contributed by atoms with E-state index in [0.29, 0.717) is 4.90 Å². The molecule has 1 saturated carbocycles. The van der Waals surface area contributed by atoms with Crippen LogP contribution in [0.1, 0.15) is 36.8 Å². The molecular weight excluding hydrogens is 332 g/mol. The van der Waals surface area contributed by atoms with Crippen LogP contribution in [-0.2, 0) is 10.0 Å². The fraction of sp³-hybridized carbons (Fsp3) is 0.400. The van der Waals surface area contributed by atoms with Gasteiger partial charge >= 0.3 is 0 Å². The molecule has 2 atom stereocenters. The summed E-state index contributed by atoms with van der Waals surface area (Å²) in [6.07, 6.45) is 3.99. The lowest BCUT2D eigenvalue weighted by Gasteiger charge is -2.33. The SMILES string of the molecule is Cc1ccc(N[C@@H]2CCCC[C@H]2NS(=O)(=O)c2ccc(C)cc2)cc1. The van der Waals surface area contributed by atoms with Crippen molar-refractivity contribution in [3.63, 3.8) is 0 Å². The van der Waals surface area contributed by atoms with Crippen molar-refractivity contribution in [2.75, 3.05) is 5.32 Å². The summed E-state index contributed by atoms with van der Waals surface area (Å²) in [7, 11) is -3.50. The minimum atomic E-state index is -3.50. The van der Waals surface area contributed by atoms with Crippen molar-refractivity contribution < 1.29 is 8.42 Å². The molecule has 0 bridgehead atoms. The predicted molar refractivity (Wildman–Crippen MR) is 102 cm³/mol. The number of sulfonamides is 1. The number of aryl methyl sites for hydroxylation is 2. The molecule has 0 heterocycles. The van der Waals surface area contributed by atoms with Crippen molar-refractivity contribution in [3.05, 3.63) is 59.7 Å². The third-order valence-electron chi connectivity index (χ3n) is 4.81. The number of hydrogen-bond donors (Lipinski definition) is 2. The third-order valence-corrected chi connectivity index (χ3v) is 6.31. The van der Waals surface area contributed by atoms with Gasteiger partial charge in [-0.1, -0.05) is 48.2 Å². The maximum atomic E-state index is 12.7. The minimum Gasteiger partial charge on any atom is -0.381 e. The fourth-order valence-corrected chi connectivity index (χ4v) is 4.60. The highest BCUT2D eigenvalue weighted by atomic mass is 32.2. The molecule has 4 nitrogen and oxygen atoms in total. The highest BCUT2D eigenvalue weighted by Gasteiger charge is 2.29. The highest BCUT2D eigenvalue weighted by Crippen LogP contribution is 2.24. The van der Waals surface area contributed by atoms with E-state index in [1.54, 1.807) is 12.1 Å². The lowest BCUT2D eigenvalue weighted by atomic mass is 9.91. The zero-order chi connectivity index (χ0) is 17.9. The van der Waals surface area contributed by atoms with Gasteiger partial charge in [0.2, 0.25) is 10.0 Å². The molecule has 2 aromatic rings. The predicted octanol–water partition coefficient (Wildman–Crippen LogP) is 4.01. The van der Waals surface area contributed by atoms with Crippen molar-refractivity contribution in [2.45, 2.75) is 56.5 Å². The van der Waals surface area contributed by atoms with E-state index in [2.05, 4.69) is 41.2 Å². The average molecular weight is 359 g/mol. The smallest absolute Gasteiger partial charge is 0.240 e. The molecule has 5 heteroatoms.